The van der Waals surface area contributed by atoms with E-state index < -0.39 is 30.7 Å². The maximum Gasteiger partial charge on any atom is 0.407 e. The first-order valence-corrected chi connectivity index (χ1v) is 8.10. The predicted molar refractivity (Wildman–Crippen MR) is 79.7 cm³/mol. The van der Waals surface area contributed by atoms with Crippen molar-refractivity contribution in [2.75, 3.05) is 31.6 Å². The lowest BCUT2D eigenvalue weighted by atomic mass is 10.2. The van der Waals surface area contributed by atoms with Crippen molar-refractivity contribution < 1.29 is 18.3 Å². The van der Waals surface area contributed by atoms with Crippen LogP contribution < -0.4 is 10.6 Å². The third-order valence-electron chi connectivity index (χ3n) is 2.23. The summed E-state index contributed by atoms with van der Waals surface area (Å²) in [7, 11) is 0. The molecule has 0 aromatic carbocycles. The Balaban J connectivity index is 3.76. The average molecular weight is 312 g/mol. The fourth-order valence-electron chi connectivity index (χ4n) is 1.35. The summed E-state index contributed by atoms with van der Waals surface area (Å²) >= 11 is 1.74. The molecule has 1 amide bonds. The molecule has 0 aliphatic rings. The first-order chi connectivity index (χ1) is 9.16. The number of unbranched alkanes of at least 4 members (excludes halogenated alkanes) is 1. The van der Waals surface area contributed by atoms with Gasteiger partial charge in [0.1, 0.15) is 5.60 Å². The third-order valence-corrected chi connectivity index (χ3v) is 2.92. The molecular formula is C13H26F2N2O2S. The largest absolute Gasteiger partial charge is 0.444 e. The van der Waals surface area contributed by atoms with Gasteiger partial charge in [0, 0.05) is 0 Å². The fourth-order valence-corrected chi connectivity index (χ4v) is 1.84. The number of thioether (sulfide) groups is 1. The Morgan fingerprint density at radius 1 is 1.20 bits per heavy atom. The van der Waals surface area contributed by atoms with Crippen molar-refractivity contribution in [1.82, 2.24) is 10.6 Å². The minimum Gasteiger partial charge on any atom is -0.444 e. The highest BCUT2D eigenvalue weighted by molar-refractivity contribution is 7.98. The van der Waals surface area contributed by atoms with Gasteiger partial charge in [-0.1, -0.05) is 0 Å². The van der Waals surface area contributed by atoms with Crippen molar-refractivity contribution >= 4 is 17.9 Å². The molecule has 0 saturated carbocycles. The fraction of sp³-hybridized carbons (Fsp3) is 0.923. The number of halogens is 2. The van der Waals surface area contributed by atoms with E-state index in [0.717, 1.165) is 18.6 Å². The summed E-state index contributed by atoms with van der Waals surface area (Å²) < 4.78 is 31.8. The van der Waals surface area contributed by atoms with Crippen molar-refractivity contribution in [2.24, 2.45) is 0 Å². The second kappa shape index (κ2) is 9.39. The zero-order valence-electron chi connectivity index (χ0n) is 12.7. The number of amides is 1. The van der Waals surface area contributed by atoms with Crippen molar-refractivity contribution in [1.29, 1.82) is 0 Å². The van der Waals surface area contributed by atoms with E-state index in [0.29, 0.717) is 6.54 Å². The van der Waals surface area contributed by atoms with Gasteiger partial charge in [0.2, 0.25) is 0 Å². The topological polar surface area (TPSA) is 50.4 Å². The van der Waals surface area contributed by atoms with Gasteiger partial charge in [-0.25, -0.2) is 13.6 Å². The Labute approximate surface area is 124 Å². The molecule has 0 heterocycles. The molecule has 0 spiro atoms. The smallest absolute Gasteiger partial charge is 0.407 e. The summed E-state index contributed by atoms with van der Waals surface area (Å²) in [5, 5.41) is 4.79. The number of ether oxygens (including phenoxy) is 1. The quantitative estimate of drug-likeness (QED) is 0.643. The standard InChI is InChI=1S/C13H26F2N2O2S/c1-12(2,3)19-11(18)17-10-13(14,15)9-16-7-5-6-8-20-4/h16H,5-10H2,1-4H3,(H,17,18). The molecule has 7 heteroatoms. The number of rotatable bonds is 9. The molecule has 4 nitrogen and oxygen atoms in total. The highest BCUT2D eigenvalue weighted by atomic mass is 32.2. The SMILES string of the molecule is CSCCCCNCC(F)(F)CNC(=O)OC(C)(C)C. The number of alkyl carbamates (subject to hydrolysis) is 1. The van der Waals surface area contributed by atoms with Crippen molar-refractivity contribution in [2.45, 2.75) is 45.1 Å². The summed E-state index contributed by atoms with van der Waals surface area (Å²) in [5.74, 6) is -1.94. The van der Waals surface area contributed by atoms with Crippen LogP contribution in [0.15, 0.2) is 0 Å². The van der Waals surface area contributed by atoms with E-state index in [1.807, 2.05) is 6.26 Å². The second-order valence-corrected chi connectivity index (χ2v) is 6.57. The molecule has 20 heavy (non-hydrogen) atoms. The Morgan fingerprint density at radius 3 is 2.40 bits per heavy atom. The van der Waals surface area contributed by atoms with E-state index in [9.17, 15) is 13.6 Å². The van der Waals surface area contributed by atoms with Gasteiger partial charge in [0.25, 0.3) is 5.92 Å². The molecule has 0 unspecified atom stereocenters. The van der Waals surface area contributed by atoms with E-state index in [4.69, 9.17) is 4.74 Å². The van der Waals surface area contributed by atoms with Crippen LogP contribution in [0.4, 0.5) is 13.6 Å². The molecule has 2 N–H and O–H groups in total. The number of nitrogens with one attached hydrogen (secondary N) is 2. The molecule has 0 aliphatic carbocycles. The summed E-state index contributed by atoms with van der Waals surface area (Å²) in [6.07, 6.45) is 3.08. The second-order valence-electron chi connectivity index (χ2n) is 5.59. The highest BCUT2D eigenvalue weighted by Gasteiger charge is 2.29. The predicted octanol–water partition coefficient (Wildman–Crippen LogP) is 2.88. The van der Waals surface area contributed by atoms with Crippen LogP contribution in [0.1, 0.15) is 33.6 Å². The van der Waals surface area contributed by atoms with Crippen molar-refractivity contribution in [3.63, 3.8) is 0 Å². The first-order valence-electron chi connectivity index (χ1n) is 6.71. The zero-order valence-corrected chi connectivity index (χ0v) is 13.5. The molecule has 0 aliphatic heterocycles. The van der Waals surface area contributed by atoms with Gasteiger partial charge in [-0.05, 0) is 52.2 Å². The minimum absolute atomic E-state index is 0.442. The van der Waals surface area contributed by atoms with Crippen molar-refractivity contribution in [3.8, 4) is 0 Å². The van der Waals surface area contributed by atoms with E-state index in [1.54, 1.807) is 32.5 Å². The van der Waals surface area contributed by atoms with Crippen LogP contribution in [-0.4, -0.2) is 49.3 Å². The summed E-state index contributed by atoms with van der Waals surface area (Å²) in [5.41, 5.74) is -0.686. The summed E-state index contributed by atoms with van der Waals surface area (Å²) in [6.45, 7) is 4.44. The van der Waals surface area contributed by atoms with Crippen molar-refractivity contribution in [3.05, 3.63) is 0 Å². The van der Waals surface area contributed by atoms with E-state index in [2.05, 4.69) is 10.6 Å². The van der Waals surface area contributed by atoms with Gasteiger partial charge < -0.3 is 15.4 Å². The Morgan fingerprint density at radius 2 is 1.85 bits per heavy atom. The Hall–Kier alpha value is -0.560. The van der Waals surface area contributed by atoms with Gasteiger partial charge in [-0.2, -0.15) is 11.8 Å². The van der Waals surface area contributed by atoms with Crippen LogP contribution in [0.3, 0.4) is 0 Å². The first kappa shape index (κ1) is 19.4. The number of hydrogen-bond acceptors (Lipinski definition) is 4. The molecule has 120 valence electrons. The van der Waals surface area contributed by atoms with Crippen LogP contribution in [0.5, 0.6) is 0 Å². The van der Waals surface area contributed by atoms with E-state index >= 15 is 0 Å². The molecule has 0 saturated heterocycles. The molecule has 0 fully saturated rings. The molecule has 0 aromatic heterocycles. The molecule has 0 aromatic rings. The Kier molecular flexibility index (Phi) is 9.13. The Bertz CT molecular complexity index is 284. The highest BCUT2D eigenvalue weighted by Crippen LogP contribution is 2.11. The maximum absolute atomic E-state index is 13.5. The van der Waals surface area contributed by atoms with Gasteiger partial charge >= 0.3 is 6.09 Å². The lowest BCUT2D eigenvalue weighted by molar-refractivity contribution is -0.00340. The maximum atomic E-state index is 13.5. The molecule has 0 radical (unpaired) electrons. The number of alkyl halides is 2. The van der Waals surface area contributed by atoms with Gasteiger partial charge in [0.05, 0.1) is 13.1 Å². The summed E-state index contributed by atoms with van der Waals surface area (Å²) in [6, 6.07) is 0. The van der Waals surface area contributed by atoms with Gasteiger partial charge in [0.15, 0.2) is 0 Å². The normalized spacial score (nSPS) is 12.3. The number of carbonyl (C=O) groups is 1. The van der Waals surface area contributed by atoms with E-state index in [1.165, 1.54) is 0 Å². The number of carbonyl (C=O) groups excluding carboxylic acids is 1. The van der Waals surface area contributed by atoms with Crippen LogP contribution in [0.2, 0.25) is 0 Å². The third kappa shape index (κ3) is 12.5. The molecule has 0 rings (SSSR count). The molecular weight excluding hydrogens is 286 g/mol. The molecule has 0 atom stereocenters. The van der Waals surface area contributed by atoms with Crippen LogP contribution >= 0.6 is 11.8 Å². The van der Waals surface area contributed by atoms with Crippen LogP contribution in [0, 0.1) is 0 Å². The van der Waals surface area contributed by atoms with Gasteiger partial charge in [-0.15, -0.1) is 0 Å². The lowest BCUT2D eigenvalue weighted by Gasteiger charge is -2.22. The van der Waals surface area contributed by atoms with Crippen LogP contribution in [0.25, 0.3) is 0 Å². The minimum atomic E-state index is -2.98. The zero-order chi connectivity index (χ0) is 15.6. The van der Waals surface area contributed by atoms with E-state index in [-0.39, 0.29) is 0 Å². The average Bonchev–Trinajstić information content (AvgIpc) is 2.29. The lowest BCUT2D eigenvalue weighted by Crippen LogP contribution is -2.44. The van der Waals surface area contributed by atoms with Crippen LogP contribution in [-0.2, 0) is 4.74 Å². The molecule has 0 bridgehead atoms. The summed E-state index contributed by atoms with van der Waals surface area (Å²) in [4.78, 5) is 11.3. The number of hydrogen-bond donors (Lipinski definition) is 2. The monoisotopic (exact) mass is 312 g/mol. The van der Waals surface area contributed by atoms with Gasteiger partial charge in [-0.3, -0.25) is 0 Å².